The molecule has 0 aromatic heterocycles. The molecule has 2 aliphatic rings. The van der Waals surface area contributed by atoms with Crippen molar-refractivity contribution in [1.29, 1.82) is 0 Å². The number of fused-ring (bicyclic) bond motifs is 2. The molecule has 0 spiro atoms. The number of hydrogen-bond donors (Lipinski definition) is 1. The van der Waals surface area contributed by atoms with Crippen molar-refractivity contribution in [3.05, 3.63) is 65.2 Å². The number of carboxylic acid groups (broad SMARTS) is 1. The second-order valence-corrected chi connectivity index (χ2v) is 6.92. The number of rotatable bonds is 3. The van der Waals surface area contributed by atoms with Crippen molar-refractivity contribution in [2.45, 2.75) is 37.5 Å². The largest absolute Gasteiger partial charge is 0.481 e. The number of para-hydroxylation sites is 1. The fourth-order valence-corrected chi connectivity index (χ4v) is 4.26. The minimum atomic E-state index is -0.815. The third-order valence-electron chi connectivity index (χ3n) is 5.52. The van der Waals surface area contributed by atoms with Gasteiger partial charge in [0.15, 0.2) is 0 Å². The molecule has 1 amide bonds. The molecule has 0 saturated carbocycles. The predicted molar refractivity (Wildman–Crippen MR) is 95.9 cm³/mol. The fraction of sp³-hybridized carbons (Fsp3) is 0.333. The van der Waals surface area contributed by atoms with Gasteiger partial charge in [0.05, 0.1) is 5.92 Å². The molecule has 0 bridgehead atoms. The van der Waals surface area contributed by atoms with E-state index in [1.165, 1.54) is 11.1 Å². The lowest BCUT2D eigenvalue weighted by Crippen LogP contribution is -2.38. The summed E-state index contributed by atoms with van der Waals surface area (Å²) in [7, 11) is 0. The minimum Gasteiger partial charge on any atom is -0.481 e. The van der Waals surface area contributed by atoms with Crippen LogP contribution in [0.25, 0.3) is 0 Å². The molecule has 25 heavy (non-hydrogen) atoms. The first-order chi connectivity index (χ1) is 12.1. The summed E-state index contributed by atoms with van der Waals surface area (Å²) in [6.45, 7) is 0.473. The summed E-state index contributed by atoms with van der Waals surface area (Å²) < 4.78 is 0. The summed E-state index contributed by atoms with van der Waals surface area (Å²) in [6, 6.07) is 15.8. The highest BCUT2D eigenvalue weighted by Gasteiger charge is 2.34. The van der Waals surface area contributed by atoms with Crippen LogP contribution in [0.5, 0.6) is 0 Å². The molecule has 0 radical (unpaired) electrons. The summed E-state index contributed by atoms with van der Waals surface area (Å²) in [5.74, 6) is -0.970. The van der Waals surface area contributed by atoms with Gasteiger partial charge in [0, 0.05) is 18.7 Å². The first kappa shape index (κ1) is 15.9. The molecule has 1 N–H and O–H groups in total. The number of carboxylic acids is 1. The van der Waals surface area contributed by atoms with E-state index >= 15 is 0 Å². The van der Waals surface area contributed by atoms with E-state index in [-0.39, 0.29) is 11.8 Å². The zero-order valence-corrected chi connectivity index (χ0v) is 14.0. The molecule has 2 unspecified atom stereocenters. The molecule has 1 heterocycles. The van der Waals surface area contributed by atoms with Gasteiger partial charge in [-0.15, -0.1) is 0 Å². The third-order valence-corrected chi connectivity index (χ3v) is 5.52. The first-order valence-corrected chi connectivity index (χ1v) is 8.85. The van der Waals surface area contributed by atoms with Crippen molar-refractivity contribution in [2.24, 2.45) is 0 Å². The van der Waals surface area contributed by atoms with Crippen LogP contribution in [0.2, 0.25) is 0 Å². The molecule has 2 atom stereocenters. The molecule has 4 rings (SSSR count). The normalized spacial score (nSPS) is 21.5. The van der Waals surface area contributed by atoms with Crippen LogP contribution in [-0.4, -0.2) is 23.5 Å². The molecule has 2 aromatic rings. The number of aryl methyl sites for hydroxylation is 1. The molecule has 0 saturated heterocycles. The average molecular weight is 335 g/mol. The number of amides is 1. The van der Waals surface area contributed by atoms with Crippen molar-refractivity contribution < 1.29 is 14.7 Å². The number of nitrogens with zero attached hydrogens (tertiary/aromatic N) is 1. The summed E-state index contributed by atoms with van der Waals surface area (Å²) in [5.41, 5.74) is 4.16. The standard InChI is InChI=1S/C21H21NO3/c23-20(13-15-10-9-14-5-1-2-6-16(14)15)22-12-11-18(21(24)25)17-7-3-4-8-19(17)22/h1-8,15,18H,9-13H2,(H,24,25). The SMILES string of the molecule is O=C(O)C1CCN(C(=O)CC2CCc3ccccc32)c2ccccc21. The highest BCUT2D eigenvalue weighted by molar-refractivity contribution is 5.96. The number of aliphatic carboxylic acids is 1. The van der Waals surface area contributed by atoms with E-state index in [9.17, 15) is 14.7 Å². The Labute approximate surface area is 147 Å². The Hall–Kier alpha value is -2.62. The molecular weight excluding hydrogens is 314 g/mol. The zero-order chi connectivity index (χ0) is 17.4. The van der Waals surface area contributed by atoms with E-state index in [2.05, 4.69) is 18.2 Å². The Morgan fingerprint density at radius 2 is 1.72 bits per heavy atom. The Kier molecular flexibility index (Phi) is 4.04. The van der Waals surface area contributed by atoms with Crippen LogP contribution >= 0.6 is 0 Å². The van der Waals surface area contributed by atoms with Crippen LogP contribution < -0.4 is 4.90 Å². The molecule has 2 aromatic carbocycles. The molecule has 4 nitrogen and oxygen atoms in total. The lowest BCUT2D eigenvalue weighted by atomic mass is 9.89. The smallest absolute Gasteiger partial charge is 0.311 e. The van der Waals surface area contributed by atoms with Crippen molar-refractivity contribution in [3.8, 4) is 0 Å². The van der Waals surface area contributed by atoms with E-state index in [0.717, 1.165) is 24.1 Å². The molecule has 4 heteroatoms. The Morgan fingerprint density at radius 3 is 2.52 bits per heavy atom. The highest BCUT2D eigenvalue weighted by Crippen LogP contribution is 2.39. The van der Waals surface area contributed by atoms with Gasteiger partial charge in [-0.3, -0.25) is 9.59 Å². The summed E-state index contributed by atoms with van der Waals surface area (Å²) in [6.07, 6.45) is 3.01. The minimum absolute atomic E-state index is 0.0954. The van der Waals surface area contributed by atoms with Gasteiger partial charge in [0.2, 0.25) is 5.91 Å². The molecule has 1 aliphatic carbocycles. The Balaban J connectivity index is 1.57. The van der Waals surface area contributed by atoms with Crippen molar-refractivity contribution in [1.82, 2.24) is 0 Å². The van der Waals surface area contributed by atoms with Gasteiger partial charge in [-0.05, 0) is 47.9 Å². The molecule has 1 aliphatic heterocycles. The van der Waals surface area contributed by atoms with Gasteiger partial charge in [-0.1, -0.05) is 42.5 Å². The van der Waals surface area contributed by atoms with Gasteiger partial charge >= 0.3 is 5.97 Å². The van der Waals surface area contributed by atoms with Crippen molar-refractivity contribution in [3.63, 3.8) is 0 Å². The number of carbonyl (C=O) groups excluding carboxylic acids is 1. The quantitative estimate of drug-likeness (QED) is 0.930. The van der Waals surface area contributed by atoms with E-state index < -0.39 is 11.9 Å². The maximum atomic E-state index is 13.0. The number of benzene rings is 2. The molecule has 0 fully saturated rings. The van der Waals surface area contributed by atoms with Crippen molar-refractivity contribution in [2.75, 3.05) is 11.4 Å². The van der Waals surface area contributed by atoms with Crippen LogP contribution in [0.3, 0.4) is 0 Å². The summed E-state index contributed by atoms with van der Waals surface area (Å²) >= 11 is 0. The number of carbonyl (C=O) groups is 2. The lowest BCUT2D eigenvalue weighted by Gasteiger charge is -2.33. The van der Waals surface area contributed by atoms with Gasteiger partial charge < -0.3 is 10.0 Å². The number of hydrogen-bond acceptors (Lipinski definition) is 2. The van der Waals surface area contributed by atoms with Crippen LogP contribution in [0, 0.1) is 0 Å². The van der Waals surface area contributed by atoms with Crippen LogP contribution in [-0.2, 0) is 16.0 Å². The van der Waals surface area contributed by atoms with E-state index in [4.69, 9.17) is 0 Å². The topological polar surface area (TPSA) is 57.6 Å². The van der Waals surface area contributed by atoms with E-state index in [1.54, 1.807) is 4.90 Å². The molecular formula is C21H21NO3. The third kappa shape index (κ3) is 2.82. The lowest BCUT2D eigenvalue weighted by molar-refractivity contribution is -0.139. The molecule has 128 valence electrons. The number of anilines is 1. The van der Waals surface area contributed by atoms with E-state index in [1.807, 2.05) is 30.3 Å². The van der Waals surface area contributed by atoms with Crippen LogP contribution in [0.1, 0.15) is 47.8 Å². The Morgan fingerprint density at radius 1 is 1.00 bits per heavy atom. The van der Waals surface area contributed by atoms with Gasteiger partial charge in [0.1, 0.15) is 0 Å². The monoisotopic (exact) mass is 335 g/mol. The Bertz CT molecular complexity index is 829. The van der Waals surface area contributed by atoms with Crippen LogP contribution in [0.4, 0.5) is 5.69 Å². The maximum Gasteiger partial charge on any atom is 0.311 e. The van der Waals surface area contributed by atoms with Gasteiger partial charge in [-0.25, -0.2) is 0 Å². The predicted octanol–water partition coefficient (Wildman–Crippen LogP) is 3.71. The van der Waals surface area contributed by atoms with Gasteiger partial charge in [0.25, 0.3) is 0 Å². The highest BCUT2D eigenvalue weighted by atomic mass is 16.4. The van der Waals surface area contributed by atoms with E-state index in [0.29, 0.717) is 19.4 Å². The summed E-state index contributed by atoms with van der Waals surface area (Å²) in [5, 5.41) is 9.45. The summed E-state index contributed by atoms with van der Waals surface area (Å²) in [4.78, 5) is 26.3. The maximum absolute atomic E-state index is 13.0. The van der Waals surface area contributed by atoms with Crippen molar-refractivity contribution >= 4 is 17.6 Å². The zero-order valence-electron chi connectivity index (χ0n) is 14.0. The fourth-order valence-electron chi connectivity index (χ4n) is 4.26. The first-order valence-electron chi connectivity index (χ1n) is 8.85. The van der Waals surface area contributed by atoms with Crippen LogP contribution in [0.15, 0.2) is 48.5 Å². The second-order valence-electron chi connectivity index (χ2n) is 6.92. The average Bonchev–Trinajstić information content (AvgIpc) is 3.03. The van der Waals surface area contributed by atoms with Gasteiger partial charge in [-0.2, -0.15) is 0 Å². The second kappa shape index (κ2) is 6.36.